The smallest absolute Gasteiger partial charge is 0.226 e. The zero-order chi connectivity index (χ0) is 30.9. The molecule has 0 bridgehead atoms. The van der Waals surface area contributed by atoms with E-state index in [0.29, 0.717) is 46.0 Å². The zero-order valence-electron chi connectivity index (χ0n) is 25.0. The number of carbonyl (C=O) groups excluding carboxylic acids is 1. The van der Waals surface area contributed by atoms with Crippen LogP contribution in [0.25, 0.3) is 32.9 Å². The van der Waals surface area contributed by atoms with Crippen molar-refractivity contribution in [1.82, 2.24) is 14.5 Å². The monoisotopic (exact) mass is 631 g/mol. The second-order valence-corrected chi connectivity index (χ2v) is 13.7. The number of nitriles is 1. The van der Waals surface area contributed by atoms with Crippen LogP contribution in [0.3, 0.4) is 0 Å². The second kappa shape index (κ2) is 11.3. The predicted molar refractivity (Wildman–Crippen MR) is 173 cm³/mol. The summed E-state index contributed by atoms with van der Waals surface area (Å²) in [7, 11) is 0. The van der Waals surface area contributed by atoms with Gasteiger partial charge in [0.15, 0.2) is 5.82 Å². The number of benzene rings is 2. The molecule has 7 rings (SSSR count). The fourth-order valence-corrected chi connectivity index (χ4v) is 8.04. The summed E-state index contributed by atoms with van der Waals surface area (Å²) in [6, 6.07) is 11.9. The molecule has 9 heteroatoms. The van der Waals surface area contributed by atoms with Crippen molar-refractivity contribution in [2.45, 2.75) is 83.3 Å². The summed E-state index contributed by atoms with van der Waals surface area (Å²) in [5.41, 5.74) is 10.8. The summed E-state index contributed by atoms with van der Waals surface area (Å²) in [6.45, 7) is 4.65. The fourth-order valence-electron chi connectivity index (χ4n) is 7.65. The molecule has 3 aliphatic rings. The molecular weight excluding hydrogens is 596 g/mol. The van der Waals surface area contributed by atoms with E-state index in [0.717, 1.165) is 60.8 Å². The fraction of sp³-hybridized carbons (Fsp3) is 0.457. The van der Waals surface area contributed by atoms with Crippen molar-refractivity contribution in [3.8, 4) is 17.2 Å². The van der Waals surface area contributed by atoms with Crippen LogP contribution in [0, 0.1) is 35.9 Å². The van der Waals surface area contributed by atoms with E-state index in [-0.39, 0.29) is 46.9 Å². The van der Waals surface area contributed by atoms with Crippen molar-refractivity contribution in [2.75, 3.05) is 6.54 Å². The van der Waals surface area contributed by atoms with Gasteiger partial charge in [-0.2, -0.15) is 5.26 Å². The second-order valence-electron chi connectivity index (χ2n) is 12.9. The minimum atomic E-state index is -0.470. The maximum Gasteiger partial charge on any atom is 0.226 e. The summed E-state index contributed by atoms with van der Waals surface area (Å²) in [4.78, 5) is 20.6. The molecule has 4 aromatic rings. The van der Waals surface area contributed by atoms with Crippen LogP contribution in [0.4, 0.5) is 4.39 Å². The Morgan fingerprint density at radius 3 is 2.61 bits per heavy atom. The number of aryl methyl sites for hydroxylation is 2. The van der Waals surface area contributed by atoms with E-state index in [1.807, 2.05) is 13.0 Å². The Morgan fingerprint density at radius 2 is 1.93 bits per heavy atom. The Balaban J connectivity index is 1.53. The lowest BCUT2D eigenvalue weighted by molar-refractivity contribution is -0.135. The van der Waals surface area contributed by atoms with Crippen LogP contribution in [0.5, 0.6) is 0 Å². The average molecular weight is 633 g/mol. The van der Waals surface area contributed by atoms with Gasteiger partial charge in [0.2, 0.25) is 5.91 Å². The summed E-state index contributed by atoms with van der Waals surface area (Å²) >= 11 is 13.0. The Bertz CT molecular complexity index is 1860. The molecule has 2 saturated carbocycles. The number of nitrogens with zero attached hydrogens (tertiary/aromatic N) is 4. The van der Waals surface area contributed by atoms with E-state index in [4.69, 9.17) is 33.9 Å². The number of hydrogen-bond donors (Lipinski definition) is 1. The number of hydrogen-bond acceptors (Lipinski definition) is 4. The molecule has 2 N–H and O–H groups in total. The minimum Gasteiger partial charge on any atom is -0.339 e. The number of amides is 1. The molecule has 6 nitrogen and oxygen atoms in total. The molecule has 2 aromatic heterocycles. The number of nitrogens with two attached hydrogens (primary N) is 1. The van der Waals surface area contributed by atoms with Crippen molar-refractivity contribution in [3.05, 3.63) is 63.1 Å². The third kappa shape index (κ3) is 4.60. The van der Waals surface area contributed by atoms with Gasteiger partial charge in [-0.05, 0) is 95.0 Å². The van der Waals surface area contributed by atoms with Crippen molar-refractivity contribution < 1.29 is 9.18 Å². The molecule has 3 fully saturated rings. The van der Waals surface area contributed by atoms with Gasteiger partial charge in [-0.1, -0.05) is 35.3 Å². The van der Waals surface area contributed by atoms with Crippen molar-refractivity contribution in [1.29, 1.82) is 5.26 Å². The molecular formula is C35H36Cl2FN5O. The molecule has 0 radical (unpaired) electrons. The zero-order valence-corrected chi connectivity index (χ0v) is 26.6. The Labute approximate surface area is 266 Å². The number of fused-ring (bicyclic) bond motifs is 3. The lowest BCUT2D eigenvalue weighted by Gasteiger charge is -2.40. The Kier molecular flexibility index (Phi) is 7.59. The van der Waals surface area contributed by atoms with Crippen LogP contribution in [0.15, 0.2) is 30.3 Å². The van der Waals surface area contributed by atoms with Gasteiger partial charge < -0.3 is 15.2 Å². The van der Waals surface area contributed by atoms with Crippen LogP contribution in [0.1, 0.15) is 80.9 Å². The van der Waals surface area contributed by atoms with Crippen molar-refractivity contribution in [2.24, 2.45) is 17.6 Å². The maximum atomic E-state index is 16.9. The topological polar surface area (TPSA) is 87.9 Å². The normalized spacial score (nSPS) is 23.3. The average Bonchev–Trinajstić information content (AvgIpc) is 3.67. The summed E-state index contributed by atoms with van der Waals surface area (Å²) in [5.74, 6) is 0.220. The molecule has 3 heterocycles. The van der Waals surface area contributed by atoms with Gasteiger partial charge >= 0.3 is 0 Å². The van der Waals surface area contributed by atoms with Crippen LogP contribution >= 0.6 is 23.2 Å². The van der Waals surface area contributed by atoms with Crippen molar-refractivity contribution in [3.63, 3.8) is 0 Å². The minimum absolute atomic E-state index is 0.0496. The number of pyridine rings is 1. The summed E-state index contributed by atoms with van der Waals surface area (Å²) in [5, 5.41) is 11.8. The van der Waals surface area contributed by atoms with Crippen LogP contribution in [-0.4, -0.2) is 32.9 Å². The highest BCUT2D eigenvalue weighted by atomic mass is 35.5. The first kappa shape index (κ1) is 29.5. The van der Waals surface area contributed by atoms with Gasteiger partial charge in [0.05, 0.1) is 27.7 Å². The van der Waals surface area contributed by atoms with Gasteiger partial charge in [0, 0.05) is 57.7 Å². The third-order valence-electron chi connectivity index (χ3n) is 10.2. The quantitative estimate of drug-likeness (QED) is 0.222. The molecule has 1 saturated heterocycles. The molecule has 4 atom stereocenters. The summed E-state index contributed by atoms with van der Waals surface area (Å²) in [6.07, 6.45) is 6.35. The molecule has 228 valence electrons. The molecule has 1 aliphatic heterocycles. The number of rotatable bonds is 7. The van der Waals surface area contributed by atoms with E-state index >= 15 is 4.39 Å². The standard InChI is InChI=1S/C35H36Cl2FN5O/c1-18-8-12-28(42(18)35(44)20-9-10-20)29-16-24-19(2)41-33-25(34(24)43(29)27-13-11-22(27)17-40)15-21(5-4-14-39)30(32(33)38)23-6-3-7-26(36)31(23)37/h3,6-7,15-16,18,20,22,27-28H,4-5,8-13,17,40H2,1-2H3/t18?,22-,27?,28?/m1/s1. The first-order valence-electron chi connectivity index (χ1n) is 15.7. The van der Waals surface area contributed by atoms with Gasteiger partial charge in [-0.15, -0.1) is 0 Å². The number of aromatic nitrogens is 2. The first-order chi connectivity index (χ1) is 21.2. The molecule has 3 unspecified atom stereocenters. The maximum absolute atomic E-state index is 16.9. The number of carbonyl (C=O) groups is 1. The lowest BCUT2D eigenvalue weighted by Crippen LogP contribution is -2.39. The lowest BCUT2D eigenvalue weighted by atomic mass is 9.79. The van der Waals surface area contributed by atoms with Crippen LogP contribution in [-0.2, 0) is 11.2 Å². The Hall–Kier alpha value is -3.18. The van der Waals surface area contributed by atoms with E-state index in [9.17, 15) is 10.1 Å². The SMILES string of the molecule is Cc1nc2c(F)c(-c3cccc(Cl)c3Cl)c(CCC#N)cc2c2c1cc(C1CCC(C)N1C(=O)C1CC1)n2C1CC[C@@H]1CN. The third-order valence-corrected chi connectivity index (χ3v) is 11.1. The van der Waals surface area contributed by atoms with Crippen molar-refractivity contribution >= 4 is 50.9 Å². The number of halogens is 3. The van der Waals surface area contributed by atoms with Gasteiger partial charge in [-0.25, -0.2) is 9.37 Å². The molecule has 2 aromatic carbocycles. The van der Waals surface area contributed by atoms with Gasteiger partial charge in [-0.3, -0.25) is 4.79 Å². The number of likely N-dealkylation sites (tertiary alicyclic amines) is 1. The Morgan fingerprint density at radius 1 is 1.14 bits per heavy atom. The largest absolute Gasteiger partial charge is 0.339 e. The highest BCUT2D eigenvalue weighted by Gasteiger charge is 2.44. The van der Waals surface area contributed by atoms with E-state index in [1.165, 1.54) is 0 Å². The van der Waals surface area contributed by atoms with Crippen LogP contribution in [0.2, 0.25) is 10.0 Å². The highest BCUT2D eigenvalue weighted by Crippen LogP contribution is 2.49. The molecule has 1 amide bonds. The van der Waals surface area contributed by atoms with E-state index < -0.39 is 5.82 Å². The van der Waals surface area contributed by atoms with E-state index in [1.54, 1.807) is 18.2 Å². The summed E-state index contributed by atoms with van der Waals surface area (Å²) < 4.78 is 19.3. The first-order valence-corrected chi connectivity index (χ1v) is 16.5. The van der Waals surface area contributed by atoms with E-state index in [2.05, 4.69) is 28.5 Å². The van der Waals surface area contributed by atoms with Crippen LogP contribution < -0.4 is 5.73 Å². The highest BCUT2D eigenvalue weighted by molar-refractivity contribution is 6.43. The molecule has 44 heavy (non-hydrogen) atoms. The molecule has 2 aliphatic carbocycles. The molecule has 0 spiro atoms. The van der Waals surface area contributed by atoms with Gasteiger partial charge in [0.1, 0.15) is 5.52 Å². The van der Waals surface area contributed by atoms with Gasteiger partial charge in [0.25, 0.3) is 0 Å². The predicted octanol–water partition coefficient (Wildman–Crippen LogP) is 8.44.